The average Bonchev–Trinajstić information content (AvgIpc) is 2.41. The van der Waals surface area contributed by atoms with Crippen molar-refractivity contribution in [2.24, 2.45) is 0 Å². The van der Waals surface area contributed by atoms with Crippen LogP contribution in [-0.2, 0) is 16.1 Å². The summed E-state index contributed by atoms with van der Waals surface area (Å²) in [5.74, 6) is 0. The van der Waals surface area contributed by atoms with Gasteiger partial charge in [-0.25, -0.2) is 0 Å². The van der Waals surface area contributed by atoms with Crippen molar-refractivity contribution >= 4 is 0 Å². The van der Waals surface area contributed by atoms with Gasteiger partial charge in [-0.3, -0.25) is 0 Å². The Bertz CT molecular complexity index is 359. The number of ether oxygens (including phenoxy) is 2. The van der Waals surface area contributed by atoms with Gasteiger partial charge in [-0.2, -0.15) is 0 Å². The molecule has 0 spiro atoms. The molecule has 0 saturated carbocycles. The van der Waals surface area contributed by atoms with E-state index in [9.17, 15) is 0 Å². The third kappa shape index (κ3) is 6.04. The second-order valence-electron chi connectivity index (χ2n) is 5.01. The molecule has 104 valence electrons. The van der Waals surface area contributed by atoms with Crippen molar-refractivity contribution in [2.75, 3.05) is 13.2 Å². The maximum Gasteiger partial charge on any atom is 0.0718 e. The predicted octanol–water partition coefficient (Wildman–Crippen LogP) is 4.11. The maximum absolute atomic E-state index is 5.90. The summed E-state index contributed by atoms with van der Waals surface area (Å²) in [6.45, 7) is 2.07. The Labute approximate surface area is 116 Å². The summed E-state index contributed by atoms with van der Waals surface area (Å²) in [7, 11) is 0. The minimum atomic E-state index is 0.422. The second-order valence-corrected chi connectivity index (χ2v) is 5.01. The molecular formula is C17H24O2. The minimum absolute atomic E-state index is 0.422. The zero-order chi connectivity index (χ0) is 13.2. The SMILES string of the molecule is C1=C\CCC(OCCOCc2ccccc2)CCC/1. The van der Waals surface area contributed by atoms with Gasteiger partial charge < -0.3 is 9.47 Å². The van der Waals surface area contributed by atoms with Gasteiger partial charge in [0.05, 0.1) is 25.9 Å². The predicted molar refractivity (Wildman–Crippen MR) is 78.1 cm³/mol. The number of hydrogen-bond donors (Lipinski definition) is 0. The molecule has 0 amide bonds. The van der Waals surface area contributed by atoms with E-state index < -0.39 is 0 Å². The standard InChI is InChI=1S/C17H24O2/c1-2-7-11-17(12-8-3-1)19-14-13-18-15-16-9-5-4-6-10-16/h1-2,4-6,9-10,17H,3,7-8,11-15H2/b2-1-. The van der Waals surface area contributed by atoms with E-state index >= 15 is 0 Å². The van der Waals surface area contributed by atoms with Crippen molar-refractivity contribution in [3.63, 3.8) is 0 Å². The lowest BCUT2D eigenvalue weighted by Gasteiger charge is -2.18. The lowest BCUT2D eigenvalue weighted by atomic mass is 10.0. The van der Waals surface area contributed by atoms with Crippen LogP contribution in [0.4, 0.5) is 0 Å². The van der Waals surface area contributed by atoms with E-state index in [1.165, 1.54) is 24.8 Å². The molecule has 2 rings (SSSR count). The van der Waals surface area contributed by atoms with Crippen LogP contribution in [-0.4, -0.2) is 19.3 Å². The van der Waals surface area contributed by atoms with Crippen molar-refractivity contribution in [3.8, 4) is 0 Å². The molecule has 1 aliphatic carbocycles. The van der Waals surface area contributed by atoms with Crippen LogP contribution >= 0.6 is 0 Å². The highest BCUT2D eigenvalue weighted by molar-refractivity contribution is 5.13. The number of allylic oxidation sites excluding steroid dienone is 2. The monoisotopic (exact) mass is 260 g/mol. The lowest BCUT2D eigenvalue weighted by molar-refractivity contribution is -0.00670. The Morgan fingerprint density at radius 3 is 2.68 bits per heavy atom. The fraction of sp³-hybridized carbons (Fsp3) is 0.529. The highest BCUT2D eigenvalue weighted by Gasteiger charge is 2.09. The van der Waals surface area contributed by atoms with E-state index in [4.69, 9.17) is 9.47 Å². The molecule has 0 radical (unpaired) electrons. The van der Waals surface area contributed by atoms with E-state index in [2.05, 4.69) is 24.3 Å². The van der Waals surface area contributed by atoms with Gasteiger partial charge in [-0.15, -0.1) is 0 Å². The van der Waals surface area contributed by atoms with Crippen LogP contribution in [0.2, 0.25) is 0 Å². The van der Waals surface area contributed by atoms with Crippen molar-refractivity contribution in [1.82, 2.24) is 0 Å². The summed E-state index contributed by atoms with van der Waals surface area (Å²) in [5.41, 5.74) is 1.22. The fourth-order valence-corrected chi connectivity index (χ4v) is 2.33. The largest absolute Gasteiger partial charge is 0.376 e. The Morgan fingerprint density at radius 1 is 0.947 bits per heavy atom. The Hall–Kier alpha value is -1.12. The smallest absolute Gasteiger partial charge is 0.0718 e. The summed E-state index contributed by atoms with van der Waals surface area (Å²) in [6.07, 6.45) is 10.9. The van der Waals surface area contributed by atoms with Crippen LogP contribution in [0, 0.1) is 0 Å². The first-order valence-corrected chi connectivity index (χ1v) is 7.33. The van der Waals surface area contributed by atoms with Gasteiger partial charge in [0.15, 0.2) is 0 Å². The molecule has 1 unspecified atom stereocenters. The Kier molecular flexibility index (Phi) is 6.69. The zero-order valence-corrected chi connectivity index (χ0v) is 11.6. The quantitative estimate of drug-likeness (QED) is 0.566. The van der Waals surface area contributed by atoms with Crippen LogP contribution in [0.3, 0.4) is 0 Å². The van der Waals surface area contributed by atoms with E-state index in [-0.39, 0.29) is 0 Å². The molecule has 0 N–H and O–H groups in total. The molecule has 0 bridgehead atoms. The van der Waals surface area contributed by atoms with Gasteiger partial charge in [-0.1, -0.05) is 42.5 Å². The van der Waals surface area contributed by atoms with Gasteiger partial charge in [-0.05, 0) is 37.7 Å². The maximum atomic E-state index is 5.90. The zero-order valence-electron chi connectivity index (χ0n) is 11.6. The molecule has 0 aromatic heterocycles. The lowest BCUT2D eigenvalue weighted by Crippen LogP contribution is -2.17. The molecule has 0 aliphatic heterocycles. The molecular weight excluding hydrogens is 236 g/mol. The van der Waals surface area contributed by atoms with E-state index in [0.29, 0.717) is 25.9 Å². The third-order valence-electron chi connectivity index (χ3n) is 3.41. The van der Waals surface area contributed by atoms with Crippen LogP contribution in [0.1, 0.15) is 37.7 Å². The number of rotatable bonds is 6. The van der Waals surface area contributed by atoms with Crippen molar-refractivity contribution < 1.29 is 9.47 Å². The van der Waals surface area contributed by atoms with Crippen LogP contribution in [0.25, 0.3) is 0 Å². The minimum Gasteiger partial charge on any atom is -0.376 e. The second kappa shape index (κ2) is 8.89. The van der Waals surface area contributed by atoms with Crippen molar-refractivity contribution in [3.05, 3.63) is 48.0 Å². The van der Waals surface area contributed by atoms with E-state index in [0.717, 1.165) is 12.8 Å². The van der Waals surface area contributed by atoms with E-state index in [1.54, 1.807) is 0 Å². The highest BCUT2D eigenvalue weighted by Crippen LogP contribution is 2.15. The first-order chi connectivity index (χ1) is 9.45. The van der Waals surface area contributed by atoms with Crippen molar-refractivity contribution in [2.45, 2.75) is 44.8 Å². The third-order valence-corrected chi connectivity index (χ3v) is 3.41. The average molecular weight is 260 g/mol. The molecule has 1 aliphatic rings. The highest BCUT2D eigenvalue weighted by atomic mass is 16.5. The molecule has 19 heavy (non-hydrogen) atoms. The summed E-state index contributed by atoms with van der Waals surface area (Å²) >= 11 is 0. The van der Waals surface area contributed by atoms with Crippen LogP contribution in [0.15, 0.2) is 42.5 Å². The topological polar surface area (TPSA) is 18.5 Å². The van der Waals surface area contributed by atoms with E-state index in [1.807, 2.05) is 18.2 Å². The van der Waals surface area contributed by atoms with Crippen molar-refractivity contribution in [1.29, 1.82) is 0 Å². The summed E-state index contributed by atoms with van der Waals surface area (Å²) < 4.78 is 11.5. The summed E-state index contributed by atoms with van der Waals surface area (Å²) in [6, 6.07) is 10.3. The Morgan fingerprint density at radius 2 is 1.79 bits per heavy atom. The Balaban J connectivity index is 1.55. The normalized spacial score (nSPS) is 21.6. The van der Waals surface area contributed by atoms with Gasteiger partial charge in [0.1, 0.15) is 0 Å². The summed E-state index contributed by atoms with van der Waals surface area (Å²) in [5, 5.41) is 0. The van der Waals surface area contributed by atoms with Gasteiger partial charge in [0.2, 0.25) is 0 Å². The molecule has 0 saturated heterocycles. The first-order valence-electron chi connectivity index (χ1n) is 7.33. The van der Waals surface area contributed by atoms with Crippen LogP contribution < -0.4 is 0 Å². The molecule has 2 nitrogen and oxygen atoms in total. The summed E-state index contributed by atoms with van der Waals surface area (Å²) in [4.78, 5) is 0. The number of hydrogen-bond acceptors (Lipinski definition) is 2. The number of benzene rings is 1. The first kappa shape index (κ1) is 14.3. The molecule has 1 aromatic carbocycles. The van der Waals surface area contributed by atoms with Gasteiger partial charge >= 0.3 is 0 Å². The van der Waals surface area contributed by atoms with Gasteiger partial charge in [0, 0.05) is 0 Å². The molecule has 1 atom stereocenters. The van der Waals surface area contributed by atoms with Crippen LogP contribution in [0.5, 0.6) is 0 Å². The fourth-order valence-electron chi connectivity index (χ4n) is 2.33. The molecule has 0 heterocycles. The molecule has 2 heteroatoms. The van der Waals surface area contributed by atoms with Gasteiger partial charge in [0.25, 0.3) is 0 Å². The molecule has 0 fully saturated rings. The molecule has 1 aromatic rings.